The monoisotopic (exact) mass is 936 g/mol. The molecule has 64 heavy (non-hydrogen) atoms. The Labute approximate surface area is 389 Å². The van der Waals surface area contributed by atoms with Crippen LogP contribution >= 0.6 is 7.82 Å². The van der Waals surface area contributed by atoms with E-state index in [1.165, 1.54) is 128 Å². The predicted molar refractivity (Wildman–Crippen MR) is 257 cm³/mol. The molecular formula is C50H98NO12P. The van der Waals surface area contributed by atoms with Gasteiger partial charge >= 0.3 is 7.82 Å². The normalized spacial score (nSPS) is 22.7. The van der Waals surface area contributed by atoms with Crippen LogP contribution in [0.5, 0.6) is 0 Å². The zero-order chi connectivity index (χ0) is 47.3. The first-order chi connectivity index (χ1) is 30.8. The van der Waals surface area contributed by atoms with Crippen molar-refractivity contribution in [3.05, 3.63) is 12.2 Å². The summed E-state index contributed by atoms with van der Waals surface area (Å²) in [6.07, 6.45) is 29.6. The van der Waals surface area contributed by atoms with Crippen LogP contribution in [0.3, 0.4) is 0 Å². The highest BCUT2D eigenvalue weighted by molar-refractivity contribution is 7.47. The Hall–Kier alpha value is -0.960. The summed E-state index contributed by atoms with van der Waals surface area (Å²) in [5, 5.41) is 74.8. The van der Waals surface area contributed by atoms with Gasteiger partial charge in [0.25, 0.3) is 0 Å². The van der Waals surface area contributed by atoms with E-state index in [0.717, 1.165) is 70.6 Å². The van der Waals surface area contributed by atoms with Crippen molar-refractivity contribution < 1.29 is 59.0 Å². The van der Waals surface area contributed by atoms with Crippen molar-refractivity contribution in [2.24, 2.45) is 0 Å². The van der Waals surface area contributed by atoms with Gasteiger partial charge in [0.2, 0.25) is 5.91 Å². The second-order valence-electron chi connectivity index (χ2n) is 18.9. The molecule has 1 saturated carbocycles. The van der Waals surface area contributed by atoms with Gasteiger partial charge in [0, 0.05) is 0 Å². The summed E-state index contributed by atoms with van der Waals surface area (Å²) in [7, 11) is -5.12. The van der Waals surface area contributed by atoms with Crippen LogP contribution in [-0.4, -0.2) is 108 Å². The van der Waals surface area contributed by atoms with Crippen LogP contribution < -0.4 is 5.32 Å². The molecule has 9 N–H and O–H groups in total. The molecule has 0 radical (unpaired) electrons. The molecule has 8 unspecified atom stereocenters. The van der Waals surface area contributed by atoms with Crippen molar-refractivity contribution in [1.29, 1.82) is 0 Å². The van der Waals surface area contributed by atoms with Crippen LogP contribution in [-0.2, 0) is 18.4 Å². The van der Waals surface area contributed by atoms with Crippen molar-refractivity contribution in [2.75, 3.05) is 6.61 Å². The maximum Gasteiger partial charge on any atom is 0.472 e. The van der Waals surface area contributed by atoms with Gasteiger partial charge in [-0.05, 0) is 38.5 Å². The molecule has 13 nitrogen and oxygen atoms in total. The lowest BCUT2D eigenvalue weighted by atomic mass is 9.85. The van der Waals surface area contributed by atoms with E-state index < -0.39 is 75.2 Å². The Bertz CT molecular complexity index is 1150. The van der Waals surface area contributed by atoms with Crippen molar-refractivity contribution in [3.63, 3.8) is 0 Å². The number of hydrogen-bond donors (Lipinski definition) is 9. The van der Waals surface area contributed by atoms with Crippen LogP contribution in [0, 0.1) is 0 Å². The number of aliphatic hydroxyl groups excluding tert-OH is 7. The molecular weight excluding hydrogens is 838 g/mol. The van der Waals surface area contributed by atoms with Gasteiger partial charge in [-0.3, -0.25) is 13.8 Å². The molecule has 14 heteroatoms. The summed E-state index contributed by atoms with van der Waals surface area (Å²) in [5.74, 6) is -0.562. The number of allylic oxidation sites excluding steroid dienone is 2. The maximum atomic E-state index is 13.1. The average Bonchev–Trinajstić information content (AvgIpc) is 3.27. The summed E-state index contributed by atoms with van der Waals surface area (Å²) in [6.45, 7) is 3.81. The number of rotatable bonds is 44. The molecule has 1 amide bonds. The highest BCUT2D eigenvalue weighted by atomic mass is 31.2. The fourth-order valence-corrected chi connectivity index (χ4v) is 9.56. The number of hydrogen-bond acceptors (Lipinski definition) is 11. The lowest BCUT2D eigenvalue weighted by molar-refractivity contribution is -0.220. The van der Waals surface area contributed by atoms with E-state index in [-0.39, 0.29) is 12.8 Å². The summed E-state index contributed by atoms with van der Waals surface area (Å²) < 4.78 is 23.0. The van der Waals surface area contributed by atoms with Crippen molar-refractivity contribution in [1.82, 2.24) is 5.32 Å². The van der Waals surface area contributed by atoms with Gasteiger partial charge in [0.05, 0.1) is 31.3 Å². The Morgan fingerprint density at radius 1 is 0.531 bits per heavy atom. The first kappa shape index (κ1) is 61.1. The second-order valence-corrected chi connectivity index (χ2v) is 20.3. The van der Waals surface area contributed by atoms with E-state index in [2.05, 4.69) is 31.3 Å². The minimum atomic E-state index is -5.12. The minimum absolute atomic E-state index is 0.224. The summed E-state index contributed by atoms with van der Waals surface area (Å²) in [5.41, 5.74) is 0. The molecule has 0 aliphatic heterocycles. The first-order valence-corrected chi connectivity index (χ1v) is 27.7. The maximum absolute atomic E-state index is 13.1. The molecule has 0 aromatic carbocycles. The van der Waals surface area contributed by atoms with Gasteiger partial charge in [-0.1, -0.05) is 206 Å². The molecule has 1 rings (SSSR count). The third kappa shape index (κ3) is 31.2. The number of unbranched alkanes of at least 4 members (excludes halogenated alkanes) is 29. The van der Waals surface area contributed by atoms with Crippen LogP contribution in [0.1, 0.15) is 239 Å². The quantitative estimate of drug-likeness (QED) is 0.0158. The zero-order valence-corrected chi connectivity index (χ0v) is 41.4. The van der Waals surface area contributed by atoms with Crippen LogP contribution in [0.4, 0.5) is 0 Å². The number of nitrogens with one attached hydrogen (secondary N) is 1. The fraction of sp³-hybridized carbons (Fsp3) is 0.940. The molecule has 1 aliphatic carbocycles. The fourth-order valence-electron chi connectivity index (χ4n) is 8.59. The topological polar surface area (TPSA) is 226 Å². The van der Waals surface area contributed by atoms with E-state index in [0.29, 0.717) is 12.8 Å². The molecule has 0 bridgehead atoms. The molecule has 1 fully saturated rings. The molecule has 0 spiro atoms. The van der Waals surface area contributed by atoms with Gasteiger partial charge in [-0.25, -0.2) is 4.57 Å². The van der Waals surface area contributed by atoms with E-state index in [1.807, 2.05) is 0 Å². The Balaban J connectivity index is 2.45. The average molecular weight is 936 g/mol. The van der Waals surface area contributed by atoms with E-state index in [1.54, 1.807) is 0 Å². The molecule has 0 aromatic rings. The Kier molecular flexibility index (Phi) is 38.1. The molecule has 0 saturated heterocycles. The molecule has 0 heterocycles. The lowest BCUT2D eigenvalue weighted by Crippen LogP contribution is -2.64. The highest BCUT2D eigenvalue weighted by Gasteiger charge is 2.51. The van der Waals surface area contributed by atoms with E-state index in [4.69, 9.17) is 9.05 Å². The van der Waals surface area contributed by atoms with Crippen molar-refractivity contribution >= 4 is 13.7 Å². The summed E-state index contributed by atoms with van der Waals surface area (Å²) >= 11 is 0. The van der Waals surface area contributed by atoms with E-state index in [9.17, 15) is 50.0 Å². The van der Waals surface area contributed by atoms with Crippen LogP contribution in [0.2, 0.25) is 0 Å². The number of amides is 1. The SMILES string of the molecule is CCCCCCCCCCC/C=C\CCCCCCCC(O)CC(=O)NC(COP(=O)(O)OC1C(O)C(O)C(O)C(O)C1O)C(O)CCCCCCCCCCCCCCCCCC. The number of carbonyl (C=O) groups excluding carboxylic acids is 1. The third-order valence-corrected chi connectivity index (χ3v) is 13.9. The molecule has 8 atom stereocenters. The van der Waals surface area contributed by atoms with Gasteiger partial charge in [0.15, 0.2) is 0 Å². The predicted octanol–water partition coefficient (Wildman–Crippen LogP) is 9.76. The third-order valence-electron chi connectivity index (χ3n) is 12.9. The Morgan fingerprint density at radius 2 is 0.875 bits per heavy atom. The van der Waals surface area contributed by atoms with E-state index >= 15 is 0 Å². The van der Waals surface area contributed by atoms with Crippen molar-refractivity contribution in [2.45, 2.75) is 293 Å². The number of aliphatic hydroxyl groups is 7. The van der Waals surface area contributed by atoms with Gasteiger partial charge < -0.3 is 46.0 Å². The lowest BCUT2D eigenvalue weighted by Gasteiger charge is -2.41. The van der Waals surface area contributed by atoms with Gasteiger partial charge in [0.1, 0.15) is 36.6 Å². The smallest absolute Gasteiger partial charge is 0.393 e. The highest BCUT2D eigenvalue weighted by Crippen LogP contribution is 2.47. The minimum Gasteiger partial charge on any atom is -0.393 e. The zero-order valence-electron chi connectivity index (χ0n) is 40.5. The summed E-state index contributed by atoms with van der Waals surface area (Å²) in [4.78, 5) is 23.5. The number of phosphoric acid groups is 1. The molecule has 380 valence electrons. The molecule has 0 aromatic heterocycles. The Morgan fingerprint density at radius 3 is 1.28 bits per heavy atom. The van der Waals surface area contributed by atoms with Crippen molar-refractivity contribution in [3.8, 4) is 0 Å². The first-order valence-electron chi connectivity index (χ1n) is 26.2. The molecule has 1 aliphatic rings. The number of carbonyl (C=O) groups is 1. The van der Waals surface area contributed by atoms with Crippen LogP contribution in [0.25, 0.3) is 0 Å². The number of phosphoric ester groups is 1. The van der Waals surface area contributed by atoms with Crippen LogP contribution in [0.15, 0.2) is 12.2 Å². The largest absolute Gasteiger partial charge is 0.472 e. The standard InChI is InChI=1S/C50H98NO12P/c1-3-5-7-9-11-13-15-17-19-21-22-23-25-27-29-31-33-35-37-41(52)39-44(54)51-42(40-62-64(60,61)63-50-48(58)46(56)45(55)47(57)49(50)59)43(53)38-36-34-32-30-28-26-24-20-18-16-14-12-10-8-6-4-2/h22-23,41-43,45-50,52-53,55-59H,3-21,24-40H2,1-2H3,(H,51,54)(H,60,61)/b23-22-. The van der Waals surface area contributed by atoms with Gasteiger partial charge in [-0.15, -0.1) is 0 Å². The van der Waals surface area contributed by atoms with Gasteiger partial charge in [-0.2, -0.15) is 0 Å². The summed E-state index contributed by atoms with van der Waals surface area (Å²) in [6, 6.07) is -1.15. The second kappa shape index (κ2) is 40.0.